The zero-order valence-corrected chi connectivity index (χ0v) is 9.38. The molecule has 1 atom stereocenters. The van der Waals surface area contributed by atoms with Gasteiger partial charge in [0.15, 0.2) is 0 Å². The summed E-state index contributed by atoms with van der Waals surface area (Å²) in [5.41, 5.74) is 5.51. The van der Waals surface area contributed by atoms with E-state index in [1.54, 1.807) is 0 Å². The van der Waals surface area contributed by atoms with Gasteiger partial charge in [-0.05, 0) is 18.2 Å². The van der Waals surface area contributed by atoms with E-state index >= 15 is 0 Å². The second-order valence-electron chi connectivity index (χ2n) is 3.84. The minimum Gasteiger partial charge on any atom is -0.322 e. The van der Waals surface area contributed by atoms with Crippen LogP contribution < -0.4 is 11.3 Å². The minimum absolute atomic E-state index is 0.0331. The molecule has 0 bridgehead atoms. The maximum atomic E-state index is 13.5. The van der Waals surface area contributed by atoms with Crippen molar-refractivity contribution < 1.29 is 8.78 Å². The van der Waals surface area contributed by atoms with E-state index in [0.29, 0.717) is 0 Å². The van der Waals surface area contributed by atoms with Crippen LogP contribution in [0.4, 0.5) is 8.78 Å². The molecule has 0 aliphatic carbocycles. The number of hydrogen-bond donors (Lipinski definition) is 1. The minimum atomic E-state index is -0.817. The number of rotatable bonds is 3. The van der Waals surface area contributed by atoms with E-state index in [2.05, 4.69) is 4.98 Å². The molecule has 0 radical (unpaired) electrons. The Morgan fingerprint density at radius 3 is 2.83 bits per heavy atom. The van der Waals surface area contributed by atoms with Crippen LogP contribution in [0.1, 0.15) is 11.6 Å². The molecule has 0 aliphatic heterocycles. The molecule has 0 amide bonds. The molecule has 2 aromatic rings. The van der Waals surface area contributed by atoms with Crippen molar-refractivity contribution in [1.82, 2.24) is 9.55 Å². The van der Waals surface area contributed by atoms with Gasteiger partial charge in [0.25, 0.3) is 5.56 Å². The fraction of sp³-hybridized carbons (Fsp3) is 0.167. The average Bonchev–Trinajstić information content (AvgIpc) is 2.35. The Labute approximate surface area is 102 Å². The first-order chi connectivity index (χ1) is 8.58. The summed E-state index contributed by atoms with van der Waals surface area (Å²) < 4.78 is 27.7. The Hall–Kier alpha value is -2.08. The number of halogens is 2. The number of nitrogens with two attached hydrogens (primary N) is 1. The second kappa shape index (κ2) is 5.05. The summed E-state index contributed by atoms with van der Waals surface area (Å²) in [6.45, 7) is 0.0348. The molecular formula is C12H11F2N3O. The van der Waals surface area contributed by atoms with Crippen molar-refractivity contribution in [2.45, 2.75) is 12.6 Å². The summed E-state index contributed by atoms with van der Waals surface area (Å²) in [4.78, 5) is 15.2. The lowest BCUT2D eigenvalue weighted by Gasteiger charge is -2.14. The van der Waals surface area contributed by atoms with Crippen LogP contribution in [0.3, 0.4) is 0 Å². The largest absolute Gasteiger partial charge is 0.322 e. The summed E-state index contributed by atoms with van der Waals surface area (Å²) in [6.07, 6.45) is 2.66. The molecule has 0 spiro atoms. The standard InChI is InChI=1S/C12H11F2N3O/c13-8-1-2-10(14)9(5-8)11(15)6-17-7-16-4-3-12(17)18/h1-5,7,11H,6,15H2. The molecule has 4 nitrogen and oxygen atoms in total. The van der Waals surface area contributed by atoms with Gasteiger partial charge in [-0.25, -0.2) is 13.8 Å². The molecule has 0 saturated heterocycles. The number of hydrogen-bond acceptors (Lipinski definition) is 3. The SMILES string of the molecule is NC(Cn1cnccc1=O)c1cc(F)ccc1F. The number of benzene rings is 1. The van der Waals surface area contributed by atoms with E-state index in [4.69, 9.17) is 5.73 Å². The molecular weight excluding hydrogens is 240 g/mol. The third-order valence-electron chi connectivity index (χ3n) is 2.54. The summed E-state index contributed by atoms with van der Waals surface area (Å²) in [7, 11) is 0. The highest BCUT2D eigenvalue weighted by Crippen LogP contribution is 2.17. The molecule has 0 aliphatic rings. The van der Waals surface area contributed by atoms with E-state index in [1.165, 1.54) is 23.2 Å². The zero-order chi connectivity index (χ0) is 13.1. The van der Waals surface area contributed by atoms with Crippen molar-refractivity contribution in [2.75, 3.05) is 0 Å². The predicted molar refractivity (Wildman–Crippen MR) is 61.8 cm³/mol. The smallest absolute Gasteiger partial charge is 0.253 e. The Balaban J connectivity index is 2.27. The molecule has 1 aromatic carbocycles. The quantitative estimate of drug-likeness (QED) is 0.892. The van der Waals surface area contributed by atoms with Crippen molar-refractivity contribution in [1.29, 1.82) is 0 Å². The van der Waals surface area contributed by atoms with Gasteiger partial charge >= 0.3 is 0 Å². The summed E-state index contributed by atoms with van der Waals surface area (Å²) in [5.74, 6) is -1.17. The lowest BCUT2D eigenvalue weighted by Crippen LogP contribution is -2.26. The van der Waals surface area contributed by atoms with Crippen LogP contribution in [-0.2, 0) is 6.54 Å². The topological polar surface area (TPSA) is 60.9 Å². The van der Waals surface area contributed by atoms with Crippen molar-refractivity contribution in [3.05, 3.63) is 64.3 Å². The molecule has 94 valence electrons. The van der Waals surface area contributed by atoms with Gasteiger partial charge in [-0.2, -0.15) is 0 Å². The molecule has 1 aromatic heterocycles. The van der Waals surface area contributed by atoms with Crippen LogP contribution in [0, 0.1) is 11.6 Å². The molecule has 2 rings (SSSR count). The van der Waals surface area contributed by atoms with Crippen molar-refractivity contribution >= 4 is 0 Å². The Kier molecular flexibility index (Phi) is 3.47. The van der Waals surface area contributed by atoms with Crippen LogP contribution in [0.2, 0.25) is 0 Å². The third kappa shape index (κ3) is 2.60. The fourth-order valence-corrected chi connectivity index (χ4v) is 1.62. The Morgan fingerprint density at radius 1 is 1.33 bits per heavy atom. The predicted octanol–water partition coefficient (Wildman–Crippen LogP) is 1.22. The van der Waals surface area contributed by atoms with E-state index in [1.807, 2.05) is 0 Å². The van der Waals surface area contributed by atoms with Gasteiger partial charge in [0.1, 0.15) is 11.6 Å². The molecule has 6 heteroatoms. The number of nitrogens with zero attached hydrogens (tertiary/aromatic N) is 2. The Morgan fingerprint density at radius 2 is 2.11 bits per heavy atom. The van der Waals surface area contributed by atoms with Crippen molar-refractivity contribution in [3.8, 4) is 0 Å². The van der Waals surface area contributed by atoms with Gasteiger partial charge in [-0.1, -0.05) is 0 Å². The highest BCUT2D eigenvalue weighted by Gasteiger charge is 2.13. The van der Waals surface area contributed by atoms with Gasteiger partial charge in [0, 0.05) is 24.4 Å². The van der Waals surface area contributed by atoms with Gasteiger partial charge in [-0.15, -0.1) is 0 Å². The lowest BCUT2D eigenvalue weighted by atomic mass is 10.1. The highest BCUT2D eigenvalue weighted by atomic mass is 19.1. The average molecular weight is 251 g/mol. The van der Waals surface area contributed by atoms with Crippen LogP contribution in [0.25, 0.3) is 0 Å². The summed E-state index contributed by atoms with van der Waals surface area (Å²) in [6, 6.07) is 3.51. The normalized spacial score (nSPS) is 12.4. The second-order valence-corrected chi connectivity index (χ2v) is 3.84. The monoisotopic (exact) mass is 251 g/mol. The Bertz CT molecular complexity index is 612. The lowest BCUT2D eigenvalue weighted by molar-refractivity contribution is 0.511. The van der Waals surface area contributed by atoms with Gasteiger partial charge < -0.3 is 5.73 Å². The van der Waals surface area contributed by atoms with E-state index in [-0.39, 0.29) is 17.7 Å². The molecule has 18 heavy (non-hydrogen) atoms. The fourth-order valence-electron chi connectivity index (χ4n) is 1.62. The molecule has 0 fully saturated rings. The van der Waals surface area contributed by atoms with Crippen LogP contribution in [0.15, 0.2) is 41.6 Å². The van der Waals surface area contributed by atoms with E-state index in [9.17, 15) is 13.6 Å². The van der Waals surface area contributed by atoms with Crippen LogP contribution in [-0.4, -0.2) is 9.55 Å². The first-order valence-electron chi connectivity index (χ1n) is 5.29. The molecule has 2 N–H and O–H groups in total. The molecule has 0 saturated carbocycles. The highest BCUT2D eigenvalue weighted by molar-refractivity contribution is 5.21. The molecule has 1 unspecified atom stereocenters. The van der Waals surface area contributed by atoms with Crippen molar-refractivity contribution in [3.63, 3.8) is 0 Å². The first kappa shape index (κ1) is 12.4. The maximum absolute atomic E-state index is 13.5. The van der Waals surface area contributed by atoms with Gasteiger partial charge in [-0.3, -0.25) is 9.36 Å². The first-order valence-corrected chi connectivity index (χ1v) is 5.29. The summed E-state index contributed by atoms with van der Waals surface area (Å²) in [5, 5.41) is 0. The van der Waals surface area contributed by atoms with Crippen LogP contribution in [0.5, 0.6) is 0 Å². The third-order valence-corrected chi connectivity index (χ3v) is 2.54. The van der Waals surface area contributed by atoms with Crippen LogP contribution >= 0.6 is 0 Å². The van der Waals surface area contributed by atoms with Gasteiger partial charge in [0.2, 0.25) is 0 Å². The van der Waals surface area contributed by atoms with Gasteiger partial charge in [0.05, 0.1) is 12.4 Å². The van der Waals surface area contributed by atoms with E-state index in [0.717, 1.165) is 18.2 Å². The molecule has 1 heterocycles. The number of aromatic nitrogens is 2. The maximum Gasteiger partial charge on any atom is 0.253 e. The zero-order valence-electron chi connectivity index (χ0n) is 9.38. The van der Waals surface area contributed by atoms with Crippen molar-refractivity contribution in [2.24, 2.45) is 5.73 Å². The van der Waals surface area contributed by atoms with E-state index < -0.39 is 17.7 Å². The summed E-state index contributed by atoms with van der Waals surface area (Å²) >= 11 is 0.